The minimum absolute atomic E-state index is 0.132. The van der Waals surface area contributed by atoms with Crippen LogP contribution in [0.2, 0.25) is 0 Å². The highest BCUT2D eigenvalue weighted by atomic mass is 79.9. The molecule has 1 aromatic heterocycles. The molecule has 0 aliphatic heterocycles. The zero-order valence-electron chi connectivity index (χ0n) is 9.04. The molecule has 0 aromatic carbocycles. The van der Waals surface area contributed by atoms with Gasteiger partial charge < -0.3 is 9.52 Å². The highest BCUT2D eigenvalue weighted by Crippen LogP contribution is 2.27. The lowest BCUT2D eigenvalue weighted by atomic mass is 10.4. The fourth-order valence-electron chi connectivity index (χ4n) is 1.01. The first-order chi connectivity index (χ1) is 8.60. The molecule has 0 unspecified atom stereocenters. The first-order valence-electron chi connectivity index (χ1n) is 4.65. The lowest BCUT2D eigenvalue weighted by molar-refractivity contribution is -0.122. The van der Waals surface area contributed by atoms with Gasteiger partial charge in [-0.3, -0.25) is 0 Å². The number of nitrogens with one attached hydrogen (secondary N) is 1. The maximum Gasteiger partial charge on any atom is 0.320 e. The van der Waals surface area contributed by atoms with Crippen LogP contribution in [0.3, 0.4) is 0 Å². The van der Waals surface area contributed by atoms with Crippen LogP contribution in [0, 0.1) is 0 Å². The van der Waals surface area contributed by atoms with Gasteiger partial charge in [0.05, 0.1) is 6.54 Å². The van der Waals surface area contributed by atoms with Gasteiger partial charge in [-0.15, -0.1) is 0 Å². The smallest absolute Gasteiger partial charge is 0.320 e. The Morgan fingerprint density at radius 1 is 1.47 bits per heavy atom. The molecule has 0 amide bonds. The first-order valence-corrected chi connectivity index (χ1v) is 6.92. The van der Waals surface area contributed by atoms with E-state index < -0.39 is 40.4 Å². The number of hydrogen-bond acceptors (Lipinski definition) is 4. The van der Waals surface area contributed by atoms with Crippen molar-refractivity contribution in [3.63, 3.8) is 0 Å². The summed E-state index contributed by atoms with van der Waals surface area (Å²) in [4.78, 5) is -0.568. The topological polar surface area (TPSA) is 79.5 Å². The summed E-state index contributed by atoms with van der Waals surface area (Å²) in [6, 6.07) is 0.882. The zero-order chi connectivity index (χ0) is 14.8. The van der Waals surface area contributed by atoms with Crippen molar-refractivity contribution in [2.75, 3.05) is 6.54 Å². The summed E-state index contributed by atoms with van der Waals surface area (Å²) < 4.78 is 77.9. The number of alkyl halides is 4. The van der Waals surface area contributed by atoms with Crippen molar-refractivity contribution in [1.29, 1.82) is 0 Å². The molecule has 1 aromatic rings. The first kappa shape index (κ1) is 16.4. The third-order valence-corrected chi connectivity index (χ3v) is 4.23. The Labute approximate surface area is 113 Å². The molecular formula is C8H8BrF4NO4S. The van der Waals surface area contributed by atoms with E-state index in [9.17, 15) is 26.0 Å². The molecule has 2 N–H and O–H groups in total. The van der Waals surface area contributed by atoms with Crippen LogP contribution in [0.1, 0.15) is 5.76 Å². The maximum absolute atomic E-state index is 12.6. The number of aliphatic hydroxyl groups excluding tert-OH is 1. The van der Waals surface area contributed by atoms with Crippen LogP contribution in [-0.4, -0.2) is 32.4 Å². The fourth-order valence-corrected chi connectivity index (χ4v) is 3.04. The highest BCUT2D eigenvalue weighted by molar-refractivity contribution is 9.10. The lowest BCUT2D eigenvalue weighted by Gasteiger charge is -2.15. The van der Waals surface area contributed by atoms with Crippen LogP contribution in [0.15, 0.2) is 20.0 Å². The van der Waals surface area contributed by atoms with E-state index in [0.717, 1.165) is 6.07 Å². The number of rotatable bonds is 6. The number of furan rings is 1. The minimum Gasteiger partial charge on any atom is -0.450 e. The van der Waals surface area contributed by atoms with Gasteiger partial charge in [0.15, 0.2) is 4.67 Å². The molecule has 0 saturated heterocycles. The number of halogens is 5. The van der Waals surface area contributed by atoms with Gasteiger partial charge >= 0.3 is 12.3 Å². The van der Waals surface area contributed by atoms with E-state index in [4.69, 9.17) is 9.52 Å². The molecule has 0 fully saturated rings. The second kappa shape index (κ2) is 5.77. The number of aliphatic hydroxyl groups is 1. The third-order valence-electron chi connectivity index (χ3n) is 1.97. The van der Waals surface area contributed by atoms with Crippen molar-refractivity contribution >= 4 is 26.0 Å². The van der Waals surface area contributed by atoms with E-state index in [0.29, 0.717) is 0 Å². The second-order valence-corrected chi connectivity index (χ2v) is 5.85. The molecular weight excluding hydrogens is 362 g/mol. The molecule has 0 aliphatic rings. The van der Waals surface area contributed by atoms with Gasteiger partial charge in [0.25, 0.3) is 0 Å². The second-order valence-electron chi connectivity index (χ2n) is 3.40. The van der Waals surface area contributed by atoms with Crippen molar-refractivity contribution in [1.82, 2.24) is 4.72 Å². The minimum atomic E-state index is -4.48. The molecule has 5 nitrogen and oxygen atoms in total. The van der Waals surface area contributed by atoms with E-state index >= 15 is 0 Å². The molecule has 110 valence electrons. The monoisotopic (exact) mass is 369 g/mol. The lowest BCUT2D eigenvalue weighted by Crippen LogP contribution is -2.41. The van der Waals surface area contributed by atoms with E-state index in [-0.39, 0.29) is 10.4 Å². The summed E-state index contributed by atoms with van der Waals surface area (Å²) in [5, 5.41) is 8.72. The van der Waals surface area contributed by atoms with E-state index in [1.165, 1.54) is 4.72 Å². The van der Waals surface area contributed by atoms with Crippen LogP contribution in [0.4, 0.5) is 17.6 Å². The van der Waals surface area contributed by atoms with Gasteiger partial charge in [0, 0.05) is 6.07 Å². The van der Waals surface area contributed by atoms with E-state index in [1.54, 1.807) is 0 Å². The molecule has 1 heterocycles. The van der Waals surface area contributed by atoms with E-state index in [2.05, 4.69) is 15.9 Å². The molecule has 1 rings (SSSR count). The van der Waals surface area contributed by atoms with Gasteiger partial charge in [-0.05, 0) is 15.9 Å². The predicted octanol–water partition coefficient (Wildman–Crippen LogP) is 1.71. The van der Waals surface area contributed by atoms with Gasteiger partial charge in [0.1, 0.15) is 17.3 Å². The molecule has 0 bridgehead atoms. The Hall–Kier alpha value is -0.650. The summed E-state index contributed by atoms with van der Waals surface area (Å²) in [5.74, 6) is -4.61. The van der Waals surface area contributed by atoms with Crippen LogP contribution in [0.5, 0.6) is 0 Å². The van der Waals surface area contributed by atoms with Crippen molar-refractivity contribution in [2.24, 2.45) is 0 Å². The Morgan fingerprint density at radius 3 is 2.47 bits per heavy atom. The normalized spacial score (nSPS) is 13.2. The summed E-state index contributed by atoms with van der Waals surface area (Å²) in [5.41, 5.74) is 0. The summed E-state index contributed by atoms with van der Waals surface area (Å²) in [6.45, 7) is -2.36. The fraction of sp³-hybridized carbons (Fsp3) is 0.500. The van der Waals surface area contributed by atoms with Crippen LogP contribution in [-0.2, 0) is 16.6 Å². The Bertz CT molecular complexity index is 545. The summed E-state index contributed by atoms with van der Waals surface area (Å²) in [7, 11) is -4.46. The molecule has 0 aliphatic carbocycles. The van der Waals surface area contributed by atoms with Crippen molar-refractivity contribution in [3.05, 3.63) is 16.5 Å². The standard InChI is InChI=1S/C8H8BrF4NO4S/c9-6-5(1-4(2-15)18-6)19(16,17)14-3-8(12,13)7(10)11/h1,7,14-15H,2-3H2. The molecule has 0 saturated carbocycles. The average molecular weight is 370 g/mol. The number of hydrogen-bond donors (Lipinski definition) is 2. The molecule has 19 heavy (non-hydrogen) atoms. The zero-order valence-corrected chi connectivity index (χ0v) is 11.4. The van der Waals surface area contributed by atoms with Crippen molar-refractivity contribution in [3.8, 4) is 0 Å². The summed E-state index contributed by atoms with van der Waals surface area (Å²) in [6.07, 6.45) is -3.99. The van der Waals surface area contributed by atoms with Gasteiger partial charge in [-0.1, -0.05) is 0 Å². The summed E-state index contributed by atoms with van der Waals surface area (Å²) >= 11 is 2.71. The van der Waals surface area contributed by atoms with Crippen LogP contribution >= 0.6 is 15.9 Å². The quantitative estimate of drug-likeness (QED) is 0.748. The Morgan fingerprint density at radius 2 is 2.05 bits per heavy atom. The Balaban J connectivity index is 2.90. The van der Waals surface area contributed by atoms with E-state index in [1.807, 2.05) is 0 Å². The average Bonchev–Trinajstić information content (AvgIpc) is 2.69. The van der Waals surface area contributed by atoms with Gasteiger partial charge in [-0.2, -0.15) is 8.78 Å². The van der Waals surface area contributed by atoms with Gasteiger partial charge in [0.2, 0.25) is 10.0 Å². The highest BCUT2D eigenvalue weighted by Gasteiger charge is 2.42. The SMILES string of the molecule is O=S(=O)(NCC(F)(F)C(F)F)c1cc(CO)oc1Br. The largest absolute Gasteiger partial charge is 0.450 e. The Kier molecular flexibility index (Phi) is 4.98. The molecule has 0 atom stereocenters. The van der Waals surface area contributed by atoms with Gasteiger partial charge in [-0.25, -0.2) is 21.9 Å². The third kappa shape index (κ3) is 3.91. The molecule has 0 radical (unpaired) electrons. The van der Waals surface area contributed by atoms with Crippen molar-refractivity contribution in [2.45, 2.75) is 23.9 Å². The maximum atomic E-state index is 12.6. The van der Waals surface area contributed by atoms with Crippen molar-refractivity contribution < 1.29 is 35.5 Å². The number of sulfonamides is 1. The van der Waals surface area contributed by atoms with Crippen LogP contribution < -0.4 is 4.72 Å². The van der Waals surface area contributed by atoms with Crippen LogP contribution in [0.25, 0.3) is 0 Å². The molecule has 0 spiro atoms. The predicted molar refractivity (Wildman–Crippen MR) is 58.5 cm³/mol. The molecule has 11 heteroatoms.